The van der Waals surface area contributed by atoms with Crippen LogP contribution in [0.4, 0.5) is 0 Å². The van der Waals surface area contributed by atoms with Gasteiger partial charge < -0.3 is 10.6 Å². The molecule has 1 amide bonds. The van der Waals surface area contributed by atoms with Crippen LogP contribution in [0.2, 0.25) is 0 Å². The van der Waals surface area contributed by atoms with Gasteiger partial charge in [-0.3, -0.25) is 4.79 Å². The highest BCUT2D eigenvalue weighted by Gasteiger charge is 2.12. The lowest BCUT2D eigenvalue weighted by Crippen LogP contribution is -2.38. The summed E-state index contributed by atoms with van der Waals surface area (Å²) in [5.74, 6) is -0.837. The fourth-order valence-electron chi connectivity index (χ4n) is 2.25. The second-order valence-corrected chi connectivity index (χ2v) is 7.20. The maximum absolute atomic E-state index is 11.2. The van der Waals surface area contributed by atoms with E-state index in [1.54, 1.807) is 0 Å². The van der Waals surface area contributed by atoms with Gasteiger partial charge in [-0.1, -0.05) is 25.7 Å². The quantitative estimate of drug-likeness (QED) is 0.546. The first-order valence-electron chi connectivity index (χ1n) is 6.65. The van der Waals surface area contributed by atoms with E-state index in [2.05, 4.69) is 10.6 Å². The Hall–Kier alpha value is -0.620. The standard InChI is InChI=1S/C12H24N2O3S/c1-18(16,17)10-12(15)14-9-8-13-11-6-4-2-3-5-7-11/h11,13H,2-10H2,1H3,(H,14,15). The van der Waals surface area contributed by atoms with E-state index in [-0.39, 0.29) is 0 Å². The van der Waals surface area contributed by atoms with Crippen molar-refractivity contribution in [3.63, 3.8) is 0 Å². The zero-order chi connectivity index (χ0) is 13.4. The zero-order valence-electron chi connectivity index (χ0n) is 11.1. The average molecular weight is 276 g/mol. The number of sulfone groups is 1. The third-order valence-corrected chi connectivity index (χ3v) is 3.92. The molecule has 2 N–H and O–H groups in total. The van der Waals surface area contributed by atoms with Crippen molar-refractivity contribution in [2.75, 3.05) is 25.1 Å². The van der Waals surface area contributed by atoms with Gasteiger partial charge in [-0.15, -0.1) is 0 Å². The van der Waals surface area contributed by atoms with Crippen LogP contribution < -0.4 is 10.6 Å². The molecule has 0 radical (unpaired) electrons. The van der Waals surface area contributed by atoms with E-state index in [0.717, 1.165) is 6.26 Å². The van der Waals surface area contributed by atoms with Crippen molar-refractivity contribution in [2.45, 2.75) is 44.6 Å². The number of hydrogen-bond acceptors (Lipinski definition) is 4. The molecule has 0 heterocycles. The molecule has 0 bridgehead atoms. The van der Waals surface area contributed by atoms with Crippen LogP contribution in [0.25, 0.3) is 0 Å². The fraction of sp³-hybridized carbons (Fsp3) is 0.917. The van der Waals surface area contributed by atoms with E-state index in [0.29, 0.717) is 19.1 Å². The van der Waals surface area contributed by atoms with Crippen LogP contribution in [0, 0.1) is 0 Å². The summed E-state index contributed by atoms with van der Waals surface area (Å²) in [7, 11) is -3.22. The normalized spacial score (nSPS) is 18.3. The van der Waals surface area contributed by atoms with E-state index in [9.17, 15) is 13.2 Å². The first kappa shape index (κ1) is 15.4. The molecule has 0 aromatic rings. The molecule has 0 unspecified atom stereocenters. The van der Waals surface area contributed by atoms with Gasteiger partial charge in [0.2, 0.25) is 5.91 Å². The minimum Gasteiger partial charge on any atom is -0.354 e. The second kappa shape index (κ2) is 7.74. The summed E-state index contributed by atoms with van der Waals surface area (Å²) in [6, 6.07) is 0.555. The molecule has 0 saturated heterocycles. The molecule has 18 heavy (non-hydrogen) atoms. The molecule has 1 aliphatic rings. The van der Waals surface area contributed by atoms with Crippen molar-refractivity contribution in [3.8, 4) is 0 Å². The number of rotatable bonds is 6. The maximum atomic E-state index is 11.2. The Morgan fingerprint density at radius 2 is 1.72 bits per heavy atom. The lowest BCUT2D eigenvalue weighted by atomic mass is 10.1. The van der Waals surface area contributed by atoms with E-state index < -0.39 is 21.5 Å². The molecular weight excluding hydrogens is 252 g/mol. The summed E-state index contributed by atoms with van der Waals surface area (Å²) >= 11 is 0. The van der Waals surface area contributed by atoms with E-state index in [4.69, 9.17) is 0 Å². The summed E-state index contributed by atoms with van der Waals surface area (Å²) < 4.78 is 21.8. The third-order valence-electron chi connectivity index (χ3n) is 3.13. The molecule has 1 rings (SSSR count). The number of nitrogens with one attached hydrogen (secondary N) is 2. The van der Waals surface area contributed by atoms with Crippen LogP contribution in [-0.4, -0.2) is 45.5 Å². The molecule has 0 aliphatic heterocycles. The van der Waals surface area contributed by atoms with Gasteiger partial charge in [-0.05, 0) is 12.8 Å². The van der Waals surface area contributed by atoms with Crippen LogP contribution in [0.15, 0.2) is 0 Å². The molecule has 1 fully saturated rings. The summed E-state index contributed by atoms with van der Waals surface area (Å²) in [5.41, 5.74) is 0. The average Bonchev–Trinajstić information content (AvgIpc) is 2.50. The summed E-state index contributed by atoms with van der Waals surface area (Å²) in [6.45, 7) is 1.20. The first-order valence-corrected chi connectivity index (χ1v) is 8.71. The highest BCUT2D eigenvalue weighted by Crippen LogP contribution is 2.16. The molecule has 0 spiro atoms. The Bertz CT molecular complexity index is 346. The van der Waals surface area contributed by atoms with Crippen molar-refractivity contribution in [3.05, 3.63) is 0 Å². The third kappa shape index (κ3) is 7.66. The van der Waals surface area contributed by atoms with Gasteiger partial charge in [0.05, 0.1) is 0 Å². The van der Waals surface area contributed by atoms with Crippen LogP contribution in [0.5, 0.6) is 0 Å². The fourth-order valence-corrected chi connectivity index (χ4v) is 2.83. The Morgan fingerprint density at radius 3 is 2.28 bits per heavy atom. The predicted octanol–water partition coefficient (Wildman–Crippen LogP) is 0.460. The maximum Gasteiger partial charge on any atom is 0.235 e. The minimum atomic E-state index is -3.22. The molecule has 5 nitrogen and oxygen atoms in total. The van der Waals surface area contributed by atoms with Crippen LogP contribution in [0.1, 0.15) is 38.5 Å². The van der Waals surface area contributed by atoms with E-state index >= 15 is 0 Å². The Labute approximate surface area is 110 Å². The van der Waals surface area contributed by atoms with Gasteiger partial charge in [0, 0.05) is 25.4 Å². The van der Waals surface area contributed by atoms with E-state index in [1.165, 1.54) is 38.5 Å². The van der Waals surface area contributed by atoms with Gasteiger partial charge in [-0.2, -0.15) is 0 Å². The first-order chi connectivity index (χ1) is 8.47. The molecule has 6 heteroatoms. The molecule has 106 valence electrons. The van der Waals surface area contributed by atoms with Gasteiger partial charge >= 0.3 is 0 Å². The lowest BCUT2D eigenvalue weighted by Gasteiger charge is -2.16. The SMILES string of the molecule is CS(=O)(=O)CC(=O)NCCNC1CCCCCC1. The number of carbonyl (C=O) groups excluding carboxylic acids is 1. The topological polar surface area (TPSA) is 75.3 Å². The van der Waals surface area contributed by atoms with Crippen LogP contribution >= 0.6 is 0 Å². The van der Waals surface area contributed by atoms with E-state index in [1.807, 2.05) is 0 Å². The van der Waals surface area contributed by atoms with Gasteiger partial charge in [0.15, 0.2) is 9.84 Å². The number of amides is 1. The summed E-state index contributed by atoms with van der Waals surface area (Å²) in [4.78, 5) is 11.2. The lowest BCUT2D eigenvalue weighted by molar-refractivity contribution is -0.118. The molecule has 1 saturated carbocycles. The van der Waals surface area contributed by atoms with Crippen molar-refractivity contribution >= 4 is 15.7 Å². The van der Waals surface area contributed by atoms with Crippen molar-refractivity contribution < 1.29 is 13.2 Å². The molecule has 0 atom stereocenters. The Balaban J connectivity index is 2.08. The molecule has 1 aliphatic carbocycles. The van der Waals surface area contributed by atoms with Gasteiger partial charge in [0.25, 0.3) is 0 Å². The van der Waals surface area contributed by atoms with Crippen molar-refractivity contribution in [2.24, 2.45) is 0 Å². The largest absolute Gasteiger partial charge is 0.354 e. The molecule has 0 aromatic heterocycles. The van der Waals surface area contributed by atoms with Crippen LogP contribution in [-0.2, 0) is 14.6 Å². The predicted molar refractivity (Wildman–Crippen MR) is 72.2 cm³/mol. The number of carbonyl (C=O) groups is 1. The van der Waals surface area contributed by atoms with Crippen molar-refractivity contribution in [1.29, 1.82) is 0 Å². The van der Waals surface area contributed by atoms with Crippen molar-refractivity contribution in [1.82, 2.24) is 10.6 Å². The second-order valence-electron chi connectivity index (χ2n) is 5.06. The van der Waals surface area contributed by atoms with Gasteiger partial charge in [-0.25, -0.2) is 8.42 Å². The highest BCUT2D eigenvalue weighted by atomic mass is 32.2. The minimum absolute atomic E-state index is 0.417. The monoisotopic (exact) mass is 276 g/mol. The summed E-state index contributed by atoms with van der Waals surface area (Å²) in [6.07, 6.45) is 8.67. The molecular formula is C12H24N2O3S. The Morgan fingerprint density at radius 1 is 1.11 bits per heavy atom. The zero-order valence-corrected chi connectivity index (χ0v) is 11.9. The highest BCUT2D eigenvalue weighted by molar-refractivity contribution is 7.91. The summed E-state index contributed by atoms with van der Waals surface area (Å²) in [5, 5.41) is 6.03. The Kier molecular flexibility index (Phi) is 6.63. The van der Waals surface area contributed by atoms with Gasteiger partial charge in [0.1, 0.15) is 5.75 Å². The molecule has 0 aromatic carbocycles. The van der Waals surface area contributed by atoms with Crippen LogP contribution in [0.3, 0.4) is 0 Å². The smallest absolute Gasteiger partial charge is 0.235 e. The number of hydrogen-bond donors (Lipinski definition) is 2.